The van der Waals surface area contributed by atoms with E-state index in [0.29, 0.717) is 6.04 Å². The van der Waals surface area contributed by atoms with Crippen molar-refractivity contribution in [3.63, 3.8) is 0 Å². The molecule has 0 radical (unpaired) electrons. The van der Waals surface area contributed by atoms with Gasteiger partial charge in [-0.25, -0.2) is 4.98 Å². The average molecular weight is 287 g/mol. The maximum absolute atomic E-state index is 5.36. The Labute approximate surface area is 124 Å². The van der Waals surface area contributed by atoms with E-state index >= 15 is 0 Å². The second kappa shape index (κ2) is 4.91. The topological polar surface area (TPSA) is 59.2 Å². The lowest BCUT2D eigenvalue weighted by molar-refractivity contribution is 0.356. The van der Waals surface area contributed by atoms with E-state index < -0.39 is 0 Å². The van der Waals surface area contributed by atoms with Crippen LogP contribution in [0.15, 0.2) is 12.1 Å². The number of aromatic amines is 1. The Morgan fingerprint density at radius 3 is 2.76 bits per heavy atom. The Hall–Kier alpha value is -1.75. The van der Waals surface area contributed by atoms with Crippen molar-refractivity contribution >= 4 is 11.0 Å². The highest BCUT2D eigenvalue weighted by molar-refractivity contribution is 5.79. The zero-order valence-electron chi connectivity index (χ0n) is 12.5. The van der Waals surface area contributed by atoms with E-state index in [4.69, 9.17) is 14.5 Å². The molecule has 2 aliphatic rings. The van der Waals surface area contributed by atoms with Crippen LogP contribution in [0, 0.1) is 11.8 Å². The monoisotopic (exact) mass is 287 g/mol. The summed E-state index contributed by atoms with van der Waals surface area (Å²) in [5.41, 5.74) is 1.94. The van der Waals surface area contributed by atoms with E-state index in [0.717, 1.165) is 46.7 Å². The predicted octanol–water partition coefficient (Wildman–Crippen LogP) is 2.64. The molecule has 1 aromatic heterocycles. The fourth-order valence-electron chi connectivity index (χ4n) is 3.99. The molecule has 1 aliphatic carbocycles. The Kier molecular flexibility index (Phi) is 3.03. The number of ether oxygens (including phenoxy) is 2. The molecular formula is C16H21N3O2. The lowest BCUT2D eigenvalue weighted by Crippen LogP contribution is -2.18. The highest BCUT2D eigenvalue weighted by Gasteiger charge is 2.40. The summed E-state index contributed by atoms with van der Waals surface area (Å²) >= 11 is 0. The second-order valence-corrected chi connectivity index (χ2v) is 6.09. The van der Waals surface area contributed by atoms with Crippen molar-refractivity contribution < 1.29 is 9.47 Å². The summed E-state index contributed by atoms with van der Waals surface area (Å²) in [6.45, 7) is 1.12. The Morgan fingerprint density at radius 1 is 1.14 bits per heavy atom. The molecule has 0 amide bonds. The number of nitrogens with zero attached hydrogens (tertiary/aromatic N) is 1. The largest absolute Gasteiger partial charge is 0.493 e. The highest BCUT2D eigenvalue weighted by Crippen LogP contribution is 2.44. The molecule has 4 rings (SSSR count). The van der Waals surface area contributed by atoms with Gasteiger partial charge < -0.3 is 19.8 Å². The predicted molar refractivity (Wildman–Crippen MR) is 80.8 cm³/mol. The number of methoxy groups -OCH3 is 2. The van der Waals surface area contributed by atoms with Crippen molar-refractivity contribution in [2.75, 3.05) is 20.8 Å². The van der Waals surface area contributed by atoms with E-state index in [1.807, 2.05) is 12.1 Å². The first-order valence-corrected chi connectivity index (χ1v) is 7.65. The van der Waals surface area contributed by atoms with Crippen molar-refractivity contribution in [2.24, 2.45) is 11.8 Å². The van der Waals surface area contributed by atoms with Gasteiger partial charge in [0.15, 0.2) is 11.5 Å². The van der Waals surface area contributed by atoms with Gasteiger partial charge in [-0.2, -0.15) is 0 Å². The third-order valence-corrected chi connectivity index (χ3v) is 5.05. The summed E-state index contributed by atoms with van der Waals surface area (Å²) in [4.78, 5) is 8.25. The molecule has 1 saturated heterocycles. The molecule has 0 spiro atoms. The molecule has 5 heteroatoms. The quantitative estimate of drug-likeness (QED) is 0.911. The maximum Gasteiger partial charge on any atom is 0.163 e. The molecule has 2 N–H and O–H groups in total. The third-order valence-electron chi connectivity index (χ3n) is 5.05. The minimum atomic E-state index is 0.363. The summed E-state index contributed by atoms with van der Waals surface area (Å²) in [6, 6.07) is 4.27. The third kappa shape index (κ3) is 1.99. The molecule has 3 unspecified atom stereocenters. The number of benzene rings is 1. The molecule has 2 aromatic rings. The first kappa shape index (κ1) is 13.0. The second-order valence-electron chi connectivity index (χ2n) is 6.09. The van der Waals surface area contributed by atoms with Crippen molar-refractivity contribution in [3.05, 3.63) is 18.0 Å². The Balaban J connectivity index is 1.73. The molecule has 21 heavy (non-hydrogen) atoms. The number of H-pyrrole nitrogens is 1. The number of rotatable bonds is 3. The standard InChI is InChI=1S/C16H21N3O2/c1-20-13-6-11-12(7-14(13)21-2)19-16(18-11)15-10-5-3-4-9(10)8-17-15/h6-7,9-10,15,17H,3-5,8H2,1-2H3,(H,18,19). The van der Waals surface area contributed by atoms with Gasteiger partial charge in [0.25, 0.3) is 0 Å². The van der Waals surface area contributed by atoms with Crippen LogP contribution in [0.1, 0.15) is 31.1 Å². The van der Waals surface area contributed by atoms with Gasteiger partial charge in [-0.05, 0) is 31.2 Å². The van der Waals surface area contributed by atoms with Gasteiger partial charge in [-0.3, -0.25) is 0 Å². The van der Waals surface area contributed by atoms with Gasteiger partial charge in [0.2, 0.25) is 0 Å². The Bertz CT molecular complexity index is 626. The molecule has 112 valence electrons. The minimum Gasteiger partial charge on any atom is -0.493 e. The number of imidazole rings is 1. The van der Waals surface area contributed by atoms with Crippen molar-refractivity contribution in [1.82, 2.24) is 15.3 Å². The van der Waals surface area contributed by atoms with Crippen LogP contribution in [0.2, 0.25) is 0 Å². The minimum absolute atomic E-state index is 0.363. The fraction of sp³-hybridized carbons (Fsp3) is 0.562. The summed E-state index contributed by atoms with van der Waals surface area (Å²) in [5, 5.41) is 3.64. The summed E-state index contributed by atoms with van der Waals surface area (Å²) < 4.78 is 10.7. The zero-order valence-corrected chi connectivity index (χ0v) is 12.5. The number of nitrogens with one attached hydrogen (secondary N) is 2. The SMILES string of the molecule is COc1cc2nc(C3NCC4CCCC43)[nH]c2cc1OC. The first-order valence-electron chi connectivity index (χ1n) is 7.65. The molecule has 3 atom stereocenters. The molecule has 1 aromatic carbocycles. The molecule has 2 heterocycles. The van der Waals surface area contributed by atoms with Gasteiger partial charge >= 0.3 is 0 Å². The van der Waals surface area contributed by atoms with Gasteiger partial charge in [0.05, 0.1) is 31.3 Å². The van der Waals surface area contributed by atoms with Gasteiger partial charge in [0.1, 0.15) is 5.82 Å². The van der Waals surface area contributed by atoms with Crippen molar-refractivity contribution in [1.29, 1.82) is 0 Å². The molecule has 2 fully saturated rings. The summed E-state index contributed by atoms with van der Waals surface area (Å²) in [7, 11) is 3.31. The van der Waals surface area contributed by atoms with Crippen molar-refractivity contribution in [3.8, 4) is 11.5 Å². The number of hydrogen-bond acceptors (Lipinski definition) is 4. The van der Waals surface area contributed by atoms with Crippen LogP contribution in [0.5, 0.6) is 11.5 Å². The lowest BCUT2D eigenvalue weighted by Gasteiger charge is -2.15. The molecule has 5 nitrogen and oxygen atoms in total. The first-order chi connectivity index (χ1) is 10.3. The lowest BCUT2D eigenvalue weighted by atomic mass is 9.94. The maximum atomic E-state index is 5.36. The molecule has 0 bridgehead atoms. The summed E-state index contributed by atoms with van der Waals surface area (Å²) in [5.74, 6) is 4.07. The van der Waals surface area contributed by atoms with Crippen LogP contribution < -0.4 is 14.8 Å². The van der Waals surface area contributed by atoms with Gasteiger partial charge in [-0.15, -0.1) is 0 Å². The van der Waals surface area contributed by atoms with E-state index in [9.17, 15) is 0 Å². The van der Waals surface area contributed by atoms with Gasteiger partial charge in [0, 0.05) is 12.1 Å². The van der Waals surface area contributed by atoms with E-state index in [1.54, 1.807) is 14.2 Å². The average Bonchev–Trinajstić information content (AvgIpc) is 3.19. The smallest absolute Gasteiger partial charge is 0.163 e. The van der Waals surface area contributed by atoms with Crippen LogP contribution >= 0.6 is 0 Å². The van der Waals surface area contributed by atoms with Crippen LogP contribution in [0.4, 0.5) is 0 Å². The zero-order chi connectivity index (χ0) is 14.4. The number of hydrogen-bond donors (Lipinski definition) is 2. The van der Waals surface area contributed by atoms with E-state index in [-0.39, 0.29) is 0 Å². The summed E-state index contributed by atoms with van der Waals surface area (Å²) in [6.07, 6.45) is 4.03. The normalized spacial score (nSPS) is 28.0. The van der Waals surface area contributed by atoms with E-state index in [2.05, 4.69) is 10.3 Å². The van der Waals surface area contributed by atoms with Crippen molar-refractivity contribution in [2.45, 2.75) is 25.3 Å². The van der Waals surface area contributed by atoms with Gasteiger partial charge in [-0.1, -0.05) is 6.42 Å². The highest BCUT2D eigenvalue weighted by atomic mass is 16.5. The fourth-order valence-corrected chi connectivity index (χ4v) is 3.99. The van der Waals surface area contributed by atoms with Crippen LogP contribution in [0.25, 0.3) is 11.0 Å². The molecule has 1 saturated carbocycles. The Morgan fingerprint density at radius 2 is 1.95 bits per heavy atom. The van der Waals surface area contributed by atoms with Crippen LogP contribution in [-0.2, 0) is 0 Å². The molecular weight excluding hydrogens is 266 g/mol. The van der Waals surface area contributed by atoms with Crippen LogP contribution in [-0.4, -0.2) is 30.7 Å². The number of aromatic nitrogens is 2. The van der Waals surface area contributed by atoms with E-state index in [1.165, 1.54) is 19.3 Å². The molecule has 1 aliphatic heterocycles. The van der Waals surface area contributed by atoms with Crippen LogP contribution in [0.3, 0.4) is 0 Å². The number of fused-ring (bicyclic) bond motifs is 2.